The third-order valence-corrected chi connectivity index (χ3v) is 3.25. The van der Waals surface area contributed by atoms with E-state index in [0.717, 1.165) is 25.3 Å². The maximum absolute atomic E-state index is 6.12. The van der Waals surface area contributed by atoms with Gasteiger partial charge in [0.05, 0.1) is 0 Å². The van der Waals surface area contributed by atoms with Gasteiger partial charge in [-0.05, 0) is 43.0 Å². The average molecular weight is 249 g/mol. The van der Waals surface area contributed by atoms with Gasteiger partial charge >= 0.3 is 0 Å². The molecule has 1 aromatic carbocycles. The number of rotatable bonds is 7. The SMILES string of the molecule is CCNCC(CC)Oc1cc(C(C)C)ccc1C. The fourth-order valence-corrected chi connectivity index (χ4v) is 1.86. The van der Waals surface area contributed by atoms with E-state index >= 15 is 0 Å². The molecule has 102 valence electrons. The van der Waals surface area contributed by atoms with Crippen molar-refractivity contribution in [1.29, 1.82) is 0 Å². The number of ether oxygens (including phenoxy) is 1. The molecule has 2 nitrogen and oxygen atoms in total. The Morgan fingerprint density at radius 1 is 1.22 bits per heavy atom. The Morgan fingerprint density at radius 3 is 2.50 bits per heavy atom. The van der Waals surface area contributed by atoms with E-state index in [1.165, 1.54) is 11.1 Å². The minimum Gasteiger partial charge on any atom is -0.489 e. The van der Waals surface area contributed by atoms with Gasteiger partial charge in [0.25, 0.3) is 0 Å². The molecule has 0 saturated carbocycles. The fourth-order valence-electron chi connectivity index (χ4n) is 1.86. The first-order valence-corrected chi connectivity index (χ1v) is 7.06. The quantitative estimate of drug-likeness (QED) is 0.791. The summed E-state index contributed by atoms with van der Waals surface area (Å²) in [5.74, 6) is 1.58. The third kappa shape index (κ3) is 4.34. The summed E-state index contributed by atoms with van der Waals surface area (Å²) in [6, 6.07) is 6.54. The van der Waals surface area contributed by atoms with Crippen LogP contribution in [-0.4, -0.2) is 19.2 Å². The highest BCUT2D eigenvalue weighted by Gasteiger charge is 2.10. The van der Waals surface area contributed by atoms with Gasteiger partial charge in [-0.3, -0.25) is 0 Å². The maximum Gasteiger partial charge on any atom is 0.122 e. The zero-order valence-corrected chi connectivity index (χ0v) is 12.4. The molecule has 0 amide bonds. The van der Waals surface area contributed by atoms with Gasteiger partial charge in [-0.1, -0.05) is 39.8 Å². The first-order valence-electron chi connectivity index (χ1n) is 7.06. The lowest BCUT2D eigenvalue weighted by Gasteiger charge is -2.20. The van der Waals surface area contributed by atoms with Crippen molar-refractivity contribution >= 4 is 0 Å². The van der Waals surface area contributed by atoms with Crippen LogP contribution in [-0.2, 0) is 0 Å². The molecule has 1 rings (SSSR count). The largest absolute Gasteiger partial charge is 0.489 e. The van der Waals surface area contributed by atoms with Crippen molar-refractivity contribution in [1.82, 2.24) is 5.32 Å². The minimum absolute atomic E-state index is 0.256. The third-order valence-electron chi connectivity index (χ3n) is 3.25. The van der Waals surface area contributed by atoms with Gasteiger partial charge in [0.1, 0.15) is 11.9 Å². The van der Waals surface area contributed by atoms with Crippen LogP contribution in [0.15, 0.2) is 18.2 Å². The molecule has 0 aromatic heterocycles. The second kappa shape index (κ2) is 7.42. The summed E-state index contributed by atoms with van der Waals surface area (Å²) in [4.78, 5) is 0. The van der Waals surface area contributed by atoms with Crippen molar-refractivity contribution in [3.63, 3.8) is 0 Å². The molecule has 18 heavy (non-hydrogen) atoms. The minimum atomic E-state index is 0.256. The first-order chi connectivity index (χ1) is 8.58. The molecular formula is C16H27NO. The van der Waals surface area contributed by atoms with Gasteiger partial charge < -0.3 is 10.1 Å². The summed E-state index contributed by atoms with van der Waals surface area (Å²) in [6.45, 7) is 12.7. The first kappa shape index (κ1) is 15.0. The molecular weight excluding hydrogens is 222 g/mol. The highest BCUT2D eigenvalue weighted by Crippen LogP contribution is 2.25. The highest BCUT2D eigenvalue weighted by atomic mass is 16.5. The number of aryl methyl sites for hydroxylation is 1. The fraction of sp³-hybridized carbons (Fsp3) is 0.625. The lowest BCUT2D eigenvalue weighted by molar-refractivity contribution is 0.193. The average Bonchev–Trinajstić information content (AvgIpc) is 2.36. The lowest BCUT2D eigenvalue weighted by atomic mass is 10.0. The predicted molar refractivity (Wildman–Crippen MR) is 78.5 cm³/mol. The Morgan fingerprint density at radius 2 is 1.94 bits per heavy atom. The van der Waals surface area contributed by atoms with Crippen LogP contribution in [0.3, 0.4) is 0 Å². The van der Waals surface area contributed by atoms with E-state index < -0.39 is 0 Å². The van der Waals surface area contributed by atoms with Crippen LogP contribution in [0.5, 0.6) is 5.75 Å². The maximum atomic E-state index is 6.12. The molecule has 0 aliphatic rings. The van der Waals surface area contributed by atoms with Crippen molar-refractivity contribution in [2.75, 3.05) is 13.1 Å². The summed E-state index contributed by atoms with van der Waals surface area (Å²) < 4.78 is 6.12. The molecule has 0 aliphatic heterocycles. The van der Waals surface area contributed by atoms with E-state index in [4.69, 9.17) is 4.74 Å². The summed E-state index contributed by atoms with van der Waals surface area (Å²) in [6.07, 6.45) is 1.28. The van der Waals surface area contributed by atoms with E-state index in [9.17, 15) is 0 Å². The molecule has 0 spiro atoms. The Bertz CT molecular complexity index is 360. The number of nitrogens with one attached hydrogen (secondary N) is 1. The zero-order valence-electron chi connectivity index (χ0n) is 12.4. The molecule has 1 atom stereocenters. The van der Waals surface area contributed by atoms with Crippen LogP contribution in [0.1, 0.15) is 51.2 Å². The van der Waals surface area contributed by atoms with Crippen molar-refractivity contribution in [3.05, 3.63) is 29.3 Å². The van der Waals surface area contributed by atoms with Crippen LogP contribution in [0.4, 0.5) is 0 Å². The predicted octanol–water partition coefficient (Wildman–Crippen LogP) is 3.89. The van der Waals surface area contributed by atoms with Crippen LogP contribution >= 0.6 is 0 Å². The van der Waals surface area contributed by atoms with Gasteiger partial charge in [0.2, 0.25) is 0 Å². The second-order valence-electron chi connectivity index (χ2n) is 5.14. The summed E-state index contributed by atoms with van der Waals surface area (Å²) >= 11 is 0. The zero-order chi connectivity index (χ0) is 13.5. The number of likely N-dealkylation sites (N-methyl/N-ethyl adjacent to an activating group) is 1. The molecule has 1 unspecified atom stereocenters. The second-order valence-corrected chi connectivity index (χ2v) is 5.14. The van der Waals surface area contributed by atoms with Crippen molar-refractivity contribution < 1.29 is 4.74 Å². The number of benzene rings is 1. The van der Waals surface area contributed by atoms with Gasteiger partial charge in [0.15, 0.2) is 0 Å². The summed E-state index contributed by atoms with van der Waals surface area (Å²) in [5.41, 5.74) is 2.56. The van der Waals surface area contributed by atoms with Crippen LogP contribution in [0.2, 0.25) is 0 Å². The summed E-state index contributed by atoms with van der Waals surface area (Å²) in [5, 5.41) is 3.35. The van der Waals surface area contributed by atoms with Gasteiger partial charge in [0, 0.05) is 6.54 Å². The van der Waals surface area contributed by atoms with Gasteiger partial charge in [-0.2, -0.15) is 0 Å². The molecule has 0 heterocycles. The smallest absolute Gasteiger partial charge is 0.122 e. The molecule has 0 fully saturated rings. The topological polar surface area (TPSA) is 21.3 Å². The normalized spacial score (nSPS) is 12.8. The van der Waals surface area contributed by atoms with Crippen molar-refractivity contribution in [3.8, 4) is 5.75 Å². The highest BCUT2D eigenvalue weighted by molar-refractivity contribution is 5.37. The number of hydrogen-bond acceptors (Lipinski definition) is 2. The van der Waals surface area contributed by atoms with Crippen LogP contribution in [0.25, 0.3) is 0 Å². The van der Waals surface area contributed by atoms with E-state index in [0.29, 0.717) is 5.92 Å². The van der Waals surface area contributed by atoms with Crippen LogP contribution < -0.4 is 10.1 Å². The molecule has 1 aromatic rings. The Kier molecular flexibility index (Phi) is 6.20. The van der Waals surface area contributed by atoms with Crippen molar-refractivity contribution in [2.24, 2.45) is 0 Å². The van der Waals surface area contributed by atoms with Gasteiger partial charge in [-0.15, -0.1) is 0 Å². The monoisotopic (exact) mass is 249 g/mol. The summed E-state index contributed by atoms with van der Waals surface area (Å²) in [7, 11) is 0. The molecule has 1 N–H and O–H groups in total. The standard InChI is InChI=1S/C16H27NO/c1-6-15(11-17-7-2)18-16-10-14(12(3)4)9-8-13(16)5/h8-10,12,15,17H,6-7,11H2,1-5H3. The van der Waals surface area contributed by atoms with E-state index in [1.54, 1.807) is 0 Å². The lowest BCUT2D eigenvalue weighted by Crippen LogP contribution is -2.30. The Hall–Kier alpha value is -1.02. The number of hydrogen-bond donors (Lipinski definition) is 1. The molecule has 2 heteroatoms. The van der Waals surface area contributed by atoms with Crippen LogP contribution in [0, 0.1) is 6.92 Å². The van der Waals surface area contributed by atoms with Crippen molar-refractivity contribution in [2.45, 2.75) is 53.1 Å². The van der Waals surface area contributed by atoms with E-state index in [1.807, 2.05) is 0 Å². The van der Waals surface area contributed by atoms with E-state index in [2.05, 4.69) is 58.1 Å². The molecule has 0 radical (unpaired) electrons. The molecule has 0 saturated heterocycles. The Balaban J connectivity index is 2.77. The molecule has 0 bridgehead atoms. The van der Waals surface area contributed by atoms with Gasteiger partial charge in [-0.25, -0.2) is 0 Å². The van der Waals surface area contributed by atoms with E-state index in [-0.39, 0.29) is 6.10 Å². The molecule has 0 aliphatic carbocycles. The Labute approximate surface area is 112 Å².